The van der Waals surface area contributed by atoms with Crippen LogP contribution < -0.4 is 4.87 Å². The van der Waals surface area contributed by atoms with Gasteiger partial charge in [-0.2, -0.15) is 5.10 Å². The van der Waals surface area contributed by atoms with Crippen molar-refractivity contribution < 1.29 is 0 Å². The van der Waals surface area contributed by atoms with Crippen molar-refractivity contribution in [1.29, 1.82) is 0 Å². The Bertz CT molecular complexity index is 469. The molecule has 0 aliphatic rings. The highest BCUT2D eigenvalue weighted by atomic mass is 32.1. The molecule has 0 radical (unpaired) electrons. The maximum Gasteiger partial charge on any atom is 0.307 e. The number of hydrogen-bond donors (Lipinski definition) is 0. The Balaban J connectivity index is 2.27. The van der Waals surface area contributed by atoms with E-state index in [0.717, 1.165) is 12.4 Å². The van der Waals surface area contributed by atoms with Crippen LogP contribution >= 0.6 is 11.3 Å². The van der Waals surface area contributed by atoms with E-state index in [4.69, 9.17) is 0 Å². The molecule has 74 valence electrons. The normalized spacial score (nSPS) is 10.6. The standard InChI is InChI=1S/C8H10N4OS/c1-2-12-7(9-6-10-12)5-11-3-4-14-8(11)13/h3-4,6H,2,5H2,1H3. The minimum Gasteiger partial charge on any atom is -0.298 e. The van der Waals surface area contributed by atoms with Gasteiger partial charge < -0.3 is 0 Å². The van der Waals surface area contributed by atoms with E-state index in [9.17, 15) is 4.79 Å². The lowest BCUT2D eigenvalue weighted by Gasteiger charge is -2.02. The fourth-order valence-corrected chi connectivity index (χ4v) is 1.82. The van der Waals surface area contributed by atoms with Gasteiger partial charge in [-0.25, -0.2) is 9.67 Å². The molecule has 0 fully saturated rings. The van der Waals surface area contributed by atoms with Crippen LogP contribution in [0.3, 0.4) is 0 Å². The van der Waals surface area contributed by atoms with Crippen molar-refractivity contribution in [1.82, 2.24) is 19.3 Å². The average Bonchev–Trinajstić information content (AvgIpc) is 2.77. The summed E-state index contributed by atoms with van der Waals surface area (Å²) < 4.78 is 3.41. The SMILES string of the molecule is CCn1ncnc1Cn1ccsc1=O. The minimum atomic E-state index is 0.0376. The highest BCUT2D eigenvalue weighted by Crippen LogP contribution is 1.98. The molecule has 0 amide bonds. The molecule has 0 unspecified atom stereocenters. The molecule has 0 spiro atoms. The van der Waals surface area contributed by atoms with Crippen molar-refractivity contribution >= 4 is 11.3 Å². The number of nitrogens with zero attached hydrogens (tertiary/aromatic N) is 4. The van der Waals surface area contributed by atoms with Gasteiger partial charge in [0.25, 0.3) is 0 Å². The molecule has 2 heterocycles. The summed E-state index contributed by atoms with van der Waals surface area (Å²) in [6.07, 6.45) is 3.28. The van der Waals surface area contributed by atoms with Gasteiger partial charge in [0.2, 0.25) is 0 Å². The van der Waals surface area contributed by atoms with Gasteiger partial charge in [0.1, 0.15) is 12.2 Å². The molecule has 0 aromatic carbocycles. The van der Waals surface area contributed by atoms with Gasteiger partial charge in [0.05, 0.1) is 6.54 Å². The largest absolute Gasteiger partial charge is 0.307 e. The number of aryl methyl sites for hydroxylation is 1. The summed E-state index contributed by atoms with van der Waals surface area (Å²) in [6.45, 7) is 3.26. The van der Waals surface area contributed by atoms with Crippen LogP contribution in [-0.2, 0) is 13.1 Å². The Morgan fingerprint density at radius 2 is 2.43 bits per heavy atom. The highest BCUT2D eigenvalue weighted by Gasteiger charge is 2.04. The molecular formula is C8H10N4OS. The van der Waals surface area contributed by atoms with Crippen molar-refractivity contribution in [2.75, 3.05) is 0 Å². The van der Waals surface area contributed by atoms with Crippen LogP contribution in [-0.4, -0.2) is 19.3 Å². The third kappa shape index (κ3) is 1.60. The van der Waals surface area contributed by atoms with Gasteiger partial charge in [0, 0.05) is 18.1 Å². The molecule has 5 nitrogen and oxygen atoms in total. The second kappa shape index (κ2) is 3.75. The van der Waals surface area contributed by atoms with Crippen LogP contribution in [0.5, 0.6) is 0 Å². The van der Waals surface area contributed by atoms with Gasteiger partial charge in [-0.3, -0.25) is 9.36 Å². The highest BCUT2D eigenvalue weighted by molar-refractivity contribution is 7.07. The molecule has 0 N–H and O–H groups in total. The topological polar surface area (TPSA) is 52.7 Å². The van der Waals surface area contributed by atoms with Crippen LogP contribution in [0.2, 0.25) is 0 Å². The van der Waals surface area contributed by atoms with E-state index < -0.39 is 0 Å². The van der Waals surface area contributed by atoms with E-state index in [1.54, 1.807) is 20.8 Å². The average molecular weight is 210 g/mol. The number of hydrogen-bond acceptors (Lipinski definition) is 4. The summed E-state index contributed by atoms with van der Waals surface area (Å²) in [5.74, 6) is 0.813. The lowest BCUT2D eigenvalue weighted by molar-refractivity contribution is 0.589. The molecule has 2 rings (SSSR count). The summed E-state index contributed by atoms with van der Waals surface area (Å²) >= 11 is 1.19. The van der Waals surface area contributed by atoms with E-state index in [2.05, 4.69) is 10.1 Å². The number of rotatable bonds is 3. The first-order valence-electron chi connectivity index (χ1n) is 4.32. The predicted octanol–water partition coefficient (Wildman–Crippen LogP) is 0.569. The van der Waals surface area contributed by atoms with Crippen molar-refractivity contribution in [3.05, 3.63) is 33.4 Å². The zero-order valence-corrected chi connectivity index (χ0v) is 8.57. The maximum absolute atomic E-state index is 11.3. The zero-order chi connectivity index (χ0) is 9.97. The fourth-order valence-electron chi connectivity index (χ4n) is 1.23. The van der Waals surface area contributed by atoms with Gasteiger partial charge in [0.15, 0.2) is 0 Å². The quantitative estimate of drug-likeness (QED) is 0.744. The van der Waals surface area contributed by atoms with Gasteiger partial charge in [-0.15, -0.1) is 0 Å². The van der Waals surface area contributed by atoms with Crippen molar-refractivity contribution in [2.24, 2.45) is 0 Å². The molecule has 0 atom stereocenters. The first kappa shape index (κ1) is 9.14. The lowest BCUT2D eigenvalue weighted by Crippen LogP contribution is -2.16. The number of aromatic nitrogens is 4. The lowest BCUT2D eigenvalue weighted by atomic mass is 10.5. The molecule has 2 aromatic heterocycles. The molecule has 0 bridgehead atoms. The second-order valence-corrected chi connectivity index (χ2v) is 3.65. The molecule has 6 heteroatoms. The van der Waals surface area contributed by atoms with Crippen molar-refractivity contribution in [2.45, 2.75) is 20.0 Å². The van der Waals surface area contributed by atoms with Crippen molar-refractivity contribution in [3.63, 3.8) is 0 Å². The monoisotopic (exact) mass is 210 g/mol. The Morgan fingerprint density at radius 3 is 3.07 bits per heavy atom. The third-order valence-electron chi connectivity index (χ3n) is 1.95. The van der Waals surface area contributed by atoms with Crippen LogP contribution in [0.25, 0.3) is 0 Å². The third-order valence-corrected chi connectivity index (χ3v) is 2.65. The van der Waals surface area contributed by atoms with E-state index in [1.807, 2.05) is 6.92 Å². The maximum atomic E-state index is 11.3. The zero-order valence-electron chi connectivity index (χ0n) is 7.75. The predicted molar refractivity (Wildman–Crippen MR) is 53.4 cm³/mol. The first-order chi connectivity index (χ1) is 6.81. The summed E-state index contributed by atoms with van der Waals surface area (Å²) in [5, 5.41) is 5.81. The van der Waals surface area contributed by atoms with E-state index in [-0.39, 0.29) is 4.87 Å². The summed E-state index contributed by atoms with van der Waals surface area (Å²) in [4.78, 5) is 15.4. The smallest absolute Gasteiger partial charge is 0.298 e. The van der Waals surface area contributed by atoms with Crippen LogP contribution in [0.1, 0.15) is 12.7 Å². The molecular weight excluding hydrogens is 200 g/mol. The van der Waals surface area contributed by atoms with E-state index >= 15 is 0 Å². The molecule has 0 aliphatic heterocycles. The van der Waals surface area contributed by atoms with Crippen LogP contribution in [0.15, 0.2) is 22.7 Å². The van der Waals surface area contributed by atoms with Gasteiger partial charge in [-0.05, 0) is 6.92 Å². The molecule has 0 saturated carbocycles. The summed E-state index contributed by atoms with van der Waals surface area (Å²) in [6, 6.07) is 0. The van der Waals surface area contributed by atoms with Gasteiger partial charge in [-0.1, -0.05) is 11.3 Å². The van der Waals surface area contributed by atoms with Crippen molar-refractivity contribution in [3.8, 4) is 0 Å². The minimum absolute atomic E-state index is 0.0376. The Labute approximate surface area is 84.6 Å². The fraction of sp³-hybridized carbons (Fsp3) is 0.375. The second-order valence-electron chi connectivity index (χ2n) is 2.79. The first-order valence-corrected chi connectivity index (χ1v) is 5.20. The van der Waals surface area contributed by atoms with Crippen LogP contribution in [0, 0.1) is 0 Å². The Morgan fingerprint density at radius 1 is 1.57 bits per heavy atom. The van der Waals surface area contributed by atoms with E-state index in [1.165, 1.54) is 17.7 Å². The molecule has 2 aromatic rings. The Kier molecular flexibility index (Phi) is 2.45. The van der Waals surface area contributed by atoms with Crippen LogP contribution in [0.4, 0.5) is 0 Å². The molecule has 0 saturated heterocycles. The van der Waals surface area contributed by atoms with Gasteiger partial charge >= 0.3 is 4.87 Å². The summed E-state index contributed by atoms with van der Waals surface area (Å²) in [5.41, 5.74) is 0. The Hall–Kier alpha value is -1.43. The number of thiazole rings is 1. The molecule has 14 heavy (non-hydrogen) atoms. The van der Waals surface area contributed by atoms with E-state index in [0.29, 0.717) is 6.54 Å². The summed E-state index contributed by atoms with van der Waals surface area (Å²) in [7, 11) is 0. The molecule has 0 aliphatic carbocycles.